The number of hydrogen-bond acceptors (Lipinski definition) is 8. The number of nitrogens with zero attached hydrogens (tertiary/aromatic N) is 2. The van der Waals surface area contributed by atoms with Gasteiger partial charge in [0.2, 0.25) is 0 Å². The zero-order valence-electron chi connectivity index (χ0n) is 17.6. The number of aromatic nitrogens is 1. The van der Waals surface area contributed by atoms with E-state index in [-0.39, 0.29) is 27.9 Å². The molecule has 1 saturated heterocycles. The molecule has 1 aliphatic heterocycles. The molecule has 3 aromatic rings. The van der Waals surface area contributed by atoms with Crippen molar-refractivity contribution in [1.29, 1.82) is 0 Å². The minimum absolute atomic E-state index is 0.110. The molecule has 9 heteroatoms. The van der Waals surface area contributed by atoms with Gasteiger partial charge in [0.25, 0.3) is 5.78 Å². The lowest BCUT2D eigenvalue weighted by molar-refractivity contribution is -0.132. The predicted octanol–water partition coefficient (Wildman–Crippen LogP) is 4.16. The number of aliphatic hydroxyl groups excluding tert-OH is 1. The monoisotopic (exact) mass is 452 g/mol. The number of aliphatic hydroxyl groups is 1. The highest BCUT2D eigenvalue weighted by molar-refractivity contribution is 7.17. The molecule has 2 aromatic heterocycles. The van der Waals surface area contributed by atoms with Crippen molar-refractivity contribution in [3.8, 4) is 0 Å². The number of benzene rings is 1. The van der Waals surface area contributed by atoms with Crippen molar-refractivity contribution in [3.05, 3.63) is 75.7 Å². The number of carbonyl (C=O) groups is 3. The molecule has 3 heterocycles. The van der Waals surface area contributed by atoms with Gasteiger partial charge in [-0.05, 0) is 32.9 Å². The largest absolute Gasteiger partial charge is 0.507 e. The predicted molar refractivity (Wildman–Crippen MR) is 117 cm³/mol. The molecule has 0 radical (unpaired) electrons. The SMILES string of the molecule is CCOC(=O)c1sc(N2C(=O)C(=O)C(=C(O)c3ccccc3)[C@H]2c2ccc(C)o2)nc1C. The third-order valence-corrected chi connectivity index (χ3v) is 6.11. The lowest BCUT2D eigenvalue weighted by Crippen LogP contribution is -2.29. The third kappa shape index (κ3) is 3.60. The van der Waals surface area contributed by atoms with E-state index >= 15 is 0 Å². The van der Waals surface area contributed by atoms with Gasteiger partial charge in [0.05, 0.1) is 17.9 Å². The number of carbonyl (C=O) groups excluding carboxylic acids is 3. The molecule has 1 atom stereocenters. The first-order valence-corrected chi connectivity index (χ1v) is 10.7. The first kappa shape index (κ1) is 21.5. The van der Waals surface area contributed by atoms with Crippen molar-refractivity contribution < 1.29 is 28.6 Å². The number of furan rings is 1. The van der Waals surface area contributed by atoms with Gasteiger partial charge in [0.1, 0.15) is 28.2 Å². The van der Waals surface area contributed by atoms with E-state index in [2.05, 4.69) is 4.98 Å². The average Bonchev–Trinajstić information content (AvgIpc) is 3.45. The standard InChI is InChI=1S/C23H20N2O6S/c1-4-30-22(29)20-13(3)24-23(32-20)25-17(15-11-10-12(2)31-15)16(19(27)21(25)28)18(26)14-8-6-5-7-9-14/h5-11,17,26H,4H2,1-3H3/t17-/m1/s1. The van der Waals surface area contributed by atoms with Crippen molar-refractivity contribution in [2.24, 2.45) is 0 Å². The smallest absolute Gasteiger partial charge is 0.350 e. The fraction of sp³-hybridized carbons (Fsp3) is 0.217. The zero-order chi connectivity index (χ0) is 23.0. The zero-order valence-corrected chi connectivity index (χ0v) is 18.4. The third-order valence-electron chi connectivity index (χ3n) is 4.97. The Kier molecular flexibility index (Phi) is 5.67. The lowest BCUT2D eigenvalue weighted by Gasteiger charge is -2.20. The van der Waals surface area contributed by atoms with Crippen molar-refractivity contribution in [1.82, 2.24) is 4.98 Å². The van der Waals surface area contributed by atoms with Gasteiger partial charge in [0, 0.05) is 5.56 Å². The van der Waals surface area contributed by atoms with Gasteiger partial charge in [0.15, 0.2) is 5.13 Å². The van der Waals surface area contributed by atoms with E-state index in [0.29, 0.717) is 22.8 Å². The normalized spacial score (nSPS) is 17.7. The van der Waals surface area contributed by atoms with Gasteiger partial charge >= 0.3 is 11.9 Å². The fourth-order valence-electron chi connectivity index (χ4n) is 3.52. The van der Waals surface area contributed by atoms with E-state index in [1.807, 2.05) is 0 Å². The van der Waals surface area contributed by atoms with Crippen LogP contribution in [0.25, 0.3) is 5.76 Å². The molecule has 1 aliphatic rings. The number of rotatable bonds is 5. The Bertz CT molecular complexity index is 1240. The first-order chi connectivity index (χ1) is 15.3. The van der Waals surface area contributed by atoms with Gasteiger partial charge < -0.3 is 14.3 Å². The summed E-state index contributed by atoms with van der Waals surface area (Å²) in [4.78, 5) is 44.2. The maximum Gasteiger partial charge on any atom is 0.350 e. The highest BCUT2D eigenvalue weighted by Gasteiger charge is 2.49. The lowest BCUT2D eigenvalue weighted by atomic mass is 9.99. The quantitative estimate of drug-likeness (QED) is 0.268. The number of esters is 1. The van der Waals surface area contributed by atoms with E-state index in [4.69, 9.17) is 9.15 Å². The van der Waals surface area contributed by atoms with Crippen molar-refractivity contribution in [2.45, 2.75) is 26.8 Å². The van der Waals surface area contributed by atoms with E-state index in [1.54, 1.807) is 63.2 Å². The number of aryl methyl sites for hydroxylation is 2. The second-order valence-corrected chi connectivity index (χ2v) is 8.09. The Balaban J connectivity index is 1.89. The summed E-state index contributed by atoms with van der Waals surface area (Å²) < 4.78 is 10.8. The number of Topliss-reactive ketones (excluding diaryl/α,β-unsaturated/α-hetero) is 1. The molecule has 0 bridgehead atoms. The summed E-state index contributed by atoms with van der Waals surface area (Å²) in [5.41, 5.74) is 0.658. The summed E-state index contributed by atoms with van der Waals surface area (Å²) in [5, 5.41) is 11.1. The highest BCUT2D eigenvalue weighted by Crippen LogP contribution is 2.44. The van der Waals surface area contributed by atoms with Crippen LogP contribution in [0, 0.1) is 13.8 Å². The molecule has 1 amide bonds. The van der Waals surface area contributed by atoms with Crippen LogP contribution in [0.3, 0.4) is 0 Å². The van der Waals surface area contributed by atoms with Crippen LogP contribution < -0.4 is 4.90 Å². The minimum atomic E-state index is -1.04. The highest BCUT2D eigenvalue weighted by atomic mass is 32.1. The molecule has 0 spiro atoms. The summed E-state index contributed by atoms with van der Waals surface area (Å²) >= 11 is 0.947. The van der Waals surface area contributed by atoms with Gasteiger partial charge in [-0.1, -0.05) is 41.7 Å². The maximum atomic E-state index is 13.1. The fourth-order valence-corrected chi connectivity index (χ4v) is 4.51. The summed E-state index contributed by atoms with van der Waals surface area (Å²) in [5.74, 6) is -1.73. The van der Waals surface area contributed by atoms with Gasteiger partial charge in [-0.3, -0.25) is 14.5 Å². The Morgan fingerprint density at radius 2 is 1.91 bits per heavy atom. The molecular formula is C23H20N2O6S. The maximum absolute atomic E-state index is 13.1. The number of amides is 1. The molecular weight excluding hydrogens is 432 g/mol. The number of thiazole rings is 1. The molecule has 0 unspecified atom stereocenters. The molecule has 1 N–H and O–H groups in total. The van der Waals surface area contributed by atoms with E-state index in [9.17, 15) is 19.5 Å². The van der Waals surface area contributed by atoms with Crippen LogP contribution >= 0.6 is 11.3 Å². The summed E-state index contributed by atoms with van der Waals surface area (Å²) in [6.45, 7) is 5.24. The van der Waals surface area contributed by atoms with Gasteiger partial charge in [-0.25, -0.2) is 9.78 Å². The molecule has 4 rings (SSSR count). The molecule has 32 heavy (non-hydrogen) atoms. The van der Waals surface area contributed by atoms with Crippen LogP contribution in [0.1, 0.15) is 45.4 Å². The van der Waals surface area contributed by atoms with Crippen LogP contribution in [0.2, 0.25) is 0 Å². The number of ketones is 1. The molecule has 8 nitrogen and oxygen atoms in total. The first-order valence-electron chi connectivity index (χ1n) is 9.90. The van der Waals surface area contributed by atoms with Crippen molar-refractivity contribution >= 4 is 39.9 Å². The van der Waals surface area contributed by atoms with Gasteiger partial charge in [-0.2, -0.15) is 0 Å². The Hall–Kier alpha value is -3.72. The van der Waals surface area contributed by atoms with Gasteiger partial charge in [-0.15, -0.1) is 0 Å². The molecule has 0 aliphatic carbocycles. The van der Waals surface area contributed by atoms with E-state index < -0.39 is 23.7 Å². The topological polar surface area (TPSA) is 110 Å². The van der Waals surface area contributed by atoms with Crippen LogP contribution in [0.4, 0.5) is 5.13 Å². The van der Waals surface area contributed by atoms with E-state index in [0.717, 1.165) is 16.2 Å². The summed E-state index contributed by atoms with van der Waals surface area (Å²) in [6, 6.07) is 10.8. The van der Waals surface area contributed by atoms with Crippen LogP contribution in [0.15, 0.2) is 52.5 Å². The summed E-state index contributed by atoms with van der Waals surface area (Å²) in [7, 11) is 0. The Morgan fingerprint density at radius 1 is 1.19 bits per heavy atom. The second-order valence-electron chi connectivity index (χ2n) is 7.11. The summed E-state index contributed by atoms with van der Waals surface area (Å²) in [6.07, 6.45) is 0. The van der Waals surface area contributed by atoms with Crippen LogP contribution in [-0.2, 0) is 14.3 Å². The molecule has 1 fully saturated rings. The number of hydrogen-bond donors (Lipinski definition) is 1. The van der Waals surface area contributed by atoms with Crippen LogP contribution in [0.5, 0.6) is 0 Å². The number of anilines is 1. The minimum Gasteiger partial charge on any atom is -0.507 e. The average molecular weight is 452 g/mol. The van der Waals surface area contributed by atoms with Crippen molar-refractivity contribution in [3.63, 3.8) is 0 Å². The number of ether oxygens (including phenoxy) is 1. The Morgan fingerprint density at radius 3 is 2.53 bits per heavy atom. The molecule has 1 aromatic carbocycles. The molecule has 0 saturated carbocycles. The second kappa shape index (κ2) is 8.43. The van der Waals surface area contributed by atoms with Crippen molar-refractivity contribution in [2.75, 3.05) is 11.5 Å². The molecule has 164 valence electrons. The van der Waals surface area contributed by atoms with E-state index in [1.165, 1.54) is 0 Å². The Labute approximate surface area is 187 Å². The van der Waals surface area contributed by atoms with Crippen LogP contribution in [-0.4, -0.2) is 34.4 Å².